The Morgan fingerprint density at radius 2 is 1.86 bits per heavy atom. The number of aromatic nitrogens is 4. The molecular formula is C18H16Cl2F3N5O. The molecule has 11 heteroatoms. The maximum absolute atomic E-state index is 12.8. The Morgan fingerprint density at radius 1 is 1.21 bits per heavy atom. The molecule has 0 aliphatic rings. The molecule has 1 atom stereocenters. The molecule has 2 aromatic heterocycles. The van der Waals surface area contributed by atoms with Gasteiger partial charge in [-0.25, -0.2) is 0 Å². The Kier molecular flexibility index (Phi) is 5.90. The second-order valence-electron chi connectivity index (χ2n) is 6.38. The number of halogens is 5. The highest BCUT2D eigenvalue weighted by atomic mass is 35.5. The summed E-state index contributed by atoms with van der Waals surface area (Å²) in [4.78, 5) is 12.5. The second kappa shape index (κ2) is 8.08. The second-order valence-corrected chi connectivity index (χ2v) is 7.19. The monoisotopic (exact) mass is 445 g/mol. The van der Waals surface area contributed by atoms with Gasteiger partial charge >= 0.3 is 6.18 Å². The van der Waals surface area contributed by atoms with Gasteiger partial charge in [-0.05, 0) is 32.0 Å². The maximum atomic E-state index is 12.8. The van der Waals surface area contributed by atoms with Crippen LogP contribution in [0.25, 0.3) is 0 Å². The zero-order valence-electron chi connectivity index (χ0n) is 15.3. The summed E-state index contributed by atoms with van der Waals surface area (Å²) in [6.45, 7) is 3.20. The zero-order valence-corrected chi connectivity index (χ0v) is 16.8. The lowest BCUT2D eigenvalue weighted by molar-refractivity contribution is -0.141. The number of benzene rings is 1. The molecule has 0 aliphatic heterocycles. The van der Waals surface area contributed by atoms with Crippen LogP contribution in [0.3, 0.4) is 0 Å². The van der Waals surface area contributed by atoms with Gasteiger partial charge in [-0.1, -0.05) is 29.3 Å². The van der Waals surface area contributed by atoms with Crippen molar-refractivity contribution in [2.45, 2.75) is 32.6 Å². The highest BCUT2D eigenvalue weighted by Gasteiger charge is 2.35. The Labute approximate surface area is 174 Å². The van der Waals surface area contributed by atoms with Gasteiger partial charge in [-0.2, -0.15) is 23.4 Å². The Morgan fingerprint density at radius 3 is 2.45 bits per heavy atom. The average molecular weight is 446 g/mol. The van der Waals surface area contributed by atoms with Crippen molar-refractivity contribution in [2.24, 2.45) is 0 Å². The number of rotatable bonds is 5. The van der Waals surface area contributed by atoms with Crippen LogP contribution in [0.5, 0.6) is 0 Å². The number of nitrogens with one attached hydrogen (secondary N) is 1. The molecule has 0 fully saturated rings. The minimum atomic E-state index is -4.58. The first-order valence-electron chi connectivity index (χ1n) is 8.47. The number of carbonyl (C=O) groups excluding carboxylic acids is 1. The molecule has 154 valence electrons. The molecule has 1 aromatic carbocycles. The lowest BCUT2D eigenvalue weighted by atomic mass is 10.2. The molecule has 1 unspecified atom stereocenters. The number of alkyl halides is 3. The van der Waals surface area contributed by atoms with Crippen LogP contribution in [-0.2, 0) is 17.5 Å². The van der Waals surface area contributed by atoms with Crippen molar-refractivity contribution in [3.63, 3.8) is 0 Å². The van der Waals surface area contributed by atoms with Crippen LogP contribution in [-0.4, -0.2) is 25.5 Å². The van der Waals surface area contributed by atoms with E-state index in [2.05, 4.69) is 15.5 Å². The van der Waals surface area contributed by atoms with Crippen LogP contribution < -0.4 is 5.32 Å². The van der Waals surface area contributed by atoms with E-state index >= 15 is 0 Å². The predicted octanol–water partition coefficient (Wildman–Crippen LogP) is 4.96. The summed E-state index contributed by atoms with van der Waals surface area (Å²) in [5, 5.41) is 11.3. The van der Waals surface area contributed by atoms with E-state index in [1.165, 1.54) is 18.5 Å². The number of carbonyl (C=O) groups is 1. The fourth-order valence-electron chi connectivity index (χ4n) is 2.72. The van der Waals surface area contributed by atoms with Gasteiger partial charge in [0.25, 0.3) is 0 Å². The van der Waals surface area contributed by atoms with Crippen LogP contribution in [0.1, 0.15) is 29.9 Å². The van der Waals surface area contributed by atoms with Crippen LogP contribution in [0, 0.1) is 6.92 Å². The van der Waals surface area contributed by atoms with Gasteiger partial charge in [-0.3, -0.25) is 14.2 Å². The number of nitrogens with zero attached hydrogens (tertiary/aromatic N) is 4. The van der Waals surface area contributed by atoms with Crippen molar-refractivity contribution in [3.05, 3.63) is 63.5 Å². The highest BCUT2D eigenvalue weighted by Crippen LogP contribution is 2.29. The summed E-state index contributed by atoms with van der Waals surface area (Å²) >= 11 is 12.3. The summed E-state index contributed by atoms with van der Waals surface area (Å²) in [7, 11) is 0. The van der Waals surface area contributed by atoms with Crippen molar-refractivity contribution < 1.29 is 18.0 Å². The van der Waals surface area contributed by atoms with Gasteiger partial charge in [0.2, 0.25) is 5.91 Å². The molecule has 0 bridgehead atoms. The van der Waals surface area contributed by atoms with E-state index in [9.17, 15) is 18.0 Å². The molecule has 0 saturated heterocycles. The third-order valence-electron chi connectivity index (χ3n) is 4.23. The minimum absolute atomic E-state index is 0.221. The topological polar surface area (TPSA) is 64.7 Å². The molecule has 0 spiro atoms. The van der Waals surface area contributed by atoms with Crippen molar-refractivity contribution in [3.8, 4) is 0 Å². The van der Waals surface area contributed by atoms with Crippen molar-refractivity contribution >= 4 is 34.9 Å². The van der Waals surface area contributed by atoms with Crippen molar-refractivity contribution in [1.82, 2.24) is 19.6 Å². The molecule has 3 rings (SSSR count). The van der Waals surface area contributed by atoms with E-state index in [-0.39, 0.29) is 18.1 Å². The lowest BCUT2D eigenvalue weighted by Crippen LogP contribution is -2.26. The van der Waals surface area contributed by atoms with Gasteiger partial charge in [0.05, 0.1) is 6.54 Å². The van der Waals surface area contributed by atoms with Crippen LogP contribution in [0.15, 0.2) is 36.5 Å². The Bertz CT molecular complexity index is 1020. The third kappa shape index (κ3) is 4.73. The number of aryl methyl sites for hydroxylation is 1. The third-order valence-corrected chi connectivity index (χ3v) is 4.94. The standard InChI is InChI=1S/C18H16Cl2F3N5O/c1-10-8-15(18(21,22)23)25-28(10)11(2)17(29)24-16-6-7-27(26-16)9-12-13(19)4-3-5-14(12)20/h3-8,11H,9H2,1-2H3,(H,24,26,29). The molecule has 29 heavy (non-hydrogen) atoms. The largest absolute Gasteiger partial charge is 0.435 e. The quantitative estimate of drug-likeness (QED) is 0.603. The first kappa shape index (κ1) is 21.2. The van der Waals surface area contributed by atoms with E-state index in [1.54, 1.807) is 30.5 Å². The minimum Gasteiger partial charge on any atom is -0.307 e. The smallest absolute Gasteiger partial charge is 0.307 e. The van der Waals surface area contributed by atoms with E-state index in [0.717, 1.165) is 10.7 Å². The summed E-state index contributed by atoms with van der Waals surface area (Å²) in [5.74, 6) is -0.308. The molecular weight excluding hydrogens is 430 g/mol. The zero-order chi connectivity index (χ0) is 21.3. The fraction of sp³-hybridized carbons (Fsp3) is 0.278. The fourth-order valence-corrected chi connectivity index (χ4v) is 3.24. The number of anilines is 1. The number of hydrogen-bond acceptors (Lipinski definition) is 3. The van der Waals surface area contributed by atoms with Gasteiger partial charge in [0.15, 0.2) is 11.5 Å². The Hall–Kier alpha value is -2.52. The first-order chi connectivity index (χ1) is 13.6. The Balaban J connectivity index is 1.71. The first-order valence-corrected chi connectivity index (χ1v) is 9.22. The molecule has 1 N–H and O–H groups in total. The van der Waals surface area contributed by atoms with E-state index in [0.29, 0.717) is 15.6 Å². The number of hydrogen-bond donors (Lipinski definition) is 1. The van der Waals surface area contributed by atoms with E-state index in [4.69, 9.17) is 23.2 Å². The van der Waals surface area contributed by atoms with Gasteiger partial charge in [-0.15, -0.1) is 0 Å². The van der Waals surface area contributed by atoms with Crippen LogP contribution in [0.4, 0.5) is 19.0 Å². The molecule has 6 nitrogen and oxygen atoms in total. The molecule has 0 aliphatic carbocycles. The van der Waals surface area contributed by atoms with Gasteiger partial charge in [0, 0.05) is 33.6 Å². The number of amides is 1. The highest BCUT2D eigenvalue weighted by molar-refractivity contribution is 6.35. The molecule has 2 heterocycles. The molecule has 1 amide bonds. The summed E-state index contributed by atoms with van der Waals surface area (Å²) in [5.41, 5.74) is -0.147. The molecule has 3 aromatic rings. The average Bonchev–Trinajstić information content (AvgIpc) is 3.23. The lowest BCUT2D eigenvalue weighted by Gasteiger charge is -2.13. The summed E-state index contributed by atoms with van der Waals surface area (Å²) in [6, 6.07) is 6.63. The normalized spacial score (nSPS) is 12.8. The molecule has 0 radical (unpaired) electrons. The van der Waals surface area contributed by atoms with E-state index < -0.39 is 23.8 Å². The predicted molar refractivity (Wildman–Crippen MR) is 103 cm³/mol. The van der Waals surface area contributed by atoms with Crippen LogP contribution >= 0.6 is 23.2 Å². The van der Waals surface area contributed by atoms with E-state index in [1.807, 2.05) is 0 Å². The van der Waals surface area contributed by atoms with Crippen molar-refractivity contribution in [1.29, 1.82) is 0 Å². The summed E-state index contributed by atoms with van der Waals surface area (Å²) in [6.07, 6.45) is -2.95. The maximum Gasteiger partial charge on any atom is 0.435 e. The van der Waals surface area contributed by atoms with Gasteiger partial charge in [0.1, 0.15) is 6.04 Å². The SMILES string of the molecule is Cc1cc(C(F)(F)F)nn1C(C)C(=O)Nc1ccn(Cc2c(Cl)cccc2Cl)n1. The summed E-state index contributed by atoms with van der Waals surface area (Å²) < 4.78 is 41.0. The van der Waals surface area contributed by atoms with Gasteiger partial charge < -0.3 is 5.32 Å². The molecule has 0 saturated carbocycles. The van der Waals surface area contributed by atoms with Crippen LogP contribution in [0.2, 0.25) is 10.0 Å². The van der Waals surface area contributed by atoms with Crippen molar-refractivity contribution in [2.75, 3.05) is 5.32 Å².